The predicted octanol–water partition coefficient (Wildman–Crippen LogP) is 1.48. The van der Waals surface area contributed by atoms with Crippen LogP contribution in [0.15, 0.2) is 0 Å². The quantitative estimate of drug-likeness (QED) is 0.644. The molecule has 0 unspecified atom stereocenters. The van der Waals surface area contributed by atoms with E-state index in [1.54, 1.807) is 11.1 Å². The molecule has 0 fully saturated rings. The summed E-state index contributed by atoms with van der Waals surface area (Å²) in [6.45, 7) is 4.18. The van der Waals surface area contributed by atoms with Crippen LogP contribution in [0.2, 0.25) is 0 Å². The van der Waals surface area contributed by atoms with Gasteiger partial charge in [0.15, 0.2) is 0 Å². The van der Waals surface area contributed by atoms with Gasteiger partial charge in [0.05, 0.1) is 5.69 Å². The molecule has 1 aliphatic carbocycles. The standard InChI is InChI=1S/C11H14N2/c1-7-8-3-2-4-9(8)10-5-12-6-11(10)13-7/h12H,2-6H2,1H3. The molecular formula is C11H14N2. The fraction of sp³-hybridized carbons (Fsp3) is 0.545. The van der Waals surface area contributed by atoms with Crippen molar-refractivity contribution >= 4 is 0 Å². The molecule has 0 radical (unpaired) electrons. The van der Waals surface area contributed by atoms with Gasteiger partial charge in [0.1, 0.15) is 0 Å². The van der Waals surface area contributed by atoms with Crippen LogP contribution in [-0.4, -0.2) is 4.98 Å². The van der Waals surface area contributed by atoms with Crippen molar-refractivity contribution in [3.8, 4) is 0 Å². The number of nitrogens with one attached hydrogen (secondary N) is 1. The van der Waals surface area contributed by atoms with Crippen LogP contribution in [0, 0.1) is 6.92 Å². The van der Waals surface area contributed by atoms with Crippen molar-refractivity contribution in [2.45, 2.75) is 39.3 Å². The molecule has 2 heteroatoms. The number of pyridine rings is 1. The van der Waals surface area contributed by atoms with Crippen LogP contribution >= 0.6 is 0 Å². The molecular weight excluding hydrogens is 160 g/mol. The molecule has 0 atom stereocenters. The maximum absolute atomic E-state index is 4.66. The van der Waals surface area contributed by atoms with Crippen molar-refractivity contribution in [1.82, 2.24) is 10.3 Å². The zero-order chi connectivity index (χ0) is 8.84. The second-order valence-electron chi connectivity index (χ2n) is 4.04. The lowest BCUT2D eigenvalue weighted by molar-refractivity contribution is 0.754. The van der Waals surface area contributed by atoms with E-state index in [-0.39, 0.29) is 0 Å². The average Bonchev–Trinajstić information content (AvgIpc) is 2.66. The molecule has 0 amide bonds. The van der Waals surface area contributed by atoms with E-state index < -0.39 is 0 Å². The minimum atomic E-state index is 0.976. The SMILES string of the molecule is Cc1nc2c(c3c1CCC3)CNC2. The third-order valence-corrected chi connectivity index (χ3v) is 3.26. The molecule has 13 heavy (non-hydrogen) atoms. The molecule has 1 aliphatic heterocycles. The van der Waals surface area contributed by atoms with Crippen molar-refractivity contribution in [1.29, 1.82) is 0 Å². The van der Waals surface area contributed by atoms with Crippen LogP contribution in [0.4, 0.5) is 0 Å². The fourth-order valence-corrected chi connectivity index (χ4v) is 2.65. The summed E-state index contributed by atoms with van der Waals surface area (Å²) in [4.78, 5) is 4.66. The number of hydrogen-bond acceptors (Lipinski definition) is 2. The third kappa shape index (κ3) is 0.953. The molecule has 3 rings (SSSR count). The Hall–Kier alpha value is -0.890. The predicted molar refractivity (Wildman–Crippen MR) is 51.5 cm³/mol. The largest absolute Gasteiger partial charge is 0.307 e. The first-order valence-corrected chi connectivity index (χ1v) is 5.07. The summed E-state index contributed by atoms with van der Waals surface area (Å²) < 4.78 is 0. The van der Waals surface area contributed by atoms with E-state index in [1.165, 1.54) is 36.2 Å². The van der Waals surface area contributed by atoms with Gasteiger partial charge in [0.2, 0.25) is 0 Å². The van der Waals surface area contributed by atoms with Crippen molar-refractivity contribution in [2.24, 2.45) is 0 Å². The second kappa shape index (κ2) is 2.55. The summed E-state index contributed by atoms with van der Waals surface area (Å²) in [6.07, 6.45) is 3.86. The van der Waals surface area contributed by atoms with Gasteiger partial charge < -0.3 is 5.32 Å². The van der Waals surface area contributed by atoms with Crippen LogP contribution in [0.1, 0.15) is 34.5 Å². The number of aryl methyl sites for hydroxylation is 1. The molecule has 1 aromatic rings. The highest BCUT2D eigenvalue weighted by atomic mass is 14.9. The number of nitrogens with zero attached hydrogens (tertiary/aromatic N) is 1. The van der Waals surface area contributed by atoms with E-state index in [0.29, 0.717) is 0 Å². The van der Waals surface area contributed by atoms with Crippen molar-refractivity contribution in [3.05, 3.63) is 28.1 Å². The number of rotatable bonds is 0. The van der Waals surface area contributed by atoms with Gasteiger partial charge in [-0.1, -0.05) is 0 Å². The molecule has 0 spiro atoms. The molecule has 0 aromatic carbocycles. The number of hydrogen-bond donors (Lipinski definition) is 1. The first kappa shape index (κ1) is 7.51. The van der Waals surface area contributed by atoms with E-state index in [1.807, 2.05) is 0 Å². The van der Waals surface area contributed by atoms with Gasteiger partial charge in [0.25, 0.3) is 0 Å². The van der Waals surface area contributed by atoms with Crippen LogP contribution in [0.3, 0.4) is 0 Å². The lowest BCUT2D eigenvalue weighted by Crippen LogP contribution is -2.00. The number of aromatic nitrogens is 1. The van der Waals surface area contributed by atoms with Crippen LogP contribution in [0.25, 0.3) is 0 Å². The highest BCUT2D eigenvalue weighted by Gasteiger charge is 2.23. The minimum absolute atomic E-state index is 0.976. The Balaban J connectivity index is 2.28. The molecule has 1 N–H and O–H groups in total. The smallest absolute Gasteiger partial charge is 0.0592 e. The third-order valence-electron chi connectivity index (χ3n) is 3.26. The molecule has 0 bridgehead atoms. The second-order valence-corrected chi connectivity index (χ2v) is 4.04. The van der Waals surface area contributed by atoms with Gasteiger partial charge in [-0.25, -0.2) is 0 Å². The van der Waals surface area contributed by atoms with Crippen molar-refractivity contribution in [2.75, 3.05) is 0 Å². The molecule has 2 nitrogen and oxygen atoms in total. The van der Waals surface area contributed by atoms with Crippen molar-refractivity contribution in [3.63, 3.8) is 0 Å². The van der Waals surface area contributed by atoms with Gasteiger partial charge in [-0.05, 0) is 42.9 Å². The zero-order valence-corrected chi connectivity index (χ0v) is 7.98. The van der Waals surface area contributed by atoms with E-state index >= 15 is 0 Å². The van der Waals surface area contributed by atoms with Gasteiger partial charge in [-0.3, -0.25) is 4.98 Å². The van der Waals surface area contributed by atoms with Gasteiger partial charge in [-0.2, -0.15) is 0 Å². The van der Waals surface area contributed by atoms with Crippen LogP contribution in [-0.2, 0) is 25.9 Å². The van der Waals surface area contributed by atoms with Crippen LogP contribution < -0.4 is 5.32 Å². The van der Waals surface area contributed by atoms with E-state index in [2.05, 4.69) is 17.2 Å². The highest BCUT2D eigenvalue weighted by molar-refractivity contribution is 5.44. The molecule has 2 heterocycles. The minimum Gasteiger partial charge on any atom is -0.307 e. The Morgan fingerprint density at radius 2 is 1.92 bits per heavy atom. The van der Waals surface area contributed by atoms with Gasteiger partial charge in [0, 0.05) is 18.8 Å². The monoisotopic (exact) mass is 174 g/mol. The highest BCUT2D eigenvalue weighted by Crippen LogP contribution is 2.30. The summed E-state index contributed by atoms with van der Waals surface area (Å²) in [5.41, 5.74) is 7.25. The Morgan fingerprint density at radius 3 is 2.85 bits per heavy atom. The lowest BCUT2D eigenvalue weighted by atomic mass is 10.0. The summed E-state index contributed by atoms with van der Waals surface area (Å²) in [7, 11) is 0. The Labute approximate surface area is 78.4 Å². The topological polar surface area (TPSA) is 24.9 Å². The normalized spacial score (nSPS) is 18.8. The zero-order valence-electron chi connectivity index (χ0n) is 7.98. The molecule has 0 saturated heterocycles. The van der Waals surface area contributed by atoms with Gasteiger partial charge in [-0.15, -0.1) is 0 Å². The van der Waals surface area contributed by atoms with E-state index in [4.69, 9.17) is 0 Å². The molecule has 1 aromatic heterocycles. The summed E-state index contributed by atoms with van der Waals surface area (Å²) in [5, 5.41) is 3.38. The molecule has 0 saturated carbocycles. The first-order chi connectivity index (χ1) is 6.36. The summed E-state index contributed by atoms with van der Waals surface area (Å²) >= 11 is 0. The van der Waals surface area contributed by atoms with Gasteiger partial charge >= 0.3 is 0 Å². The van der Waals surface area contributed by atoms with E-state index in [9.17, 15) is 0 Å². The summed E-state index contributed by atoms with van der Waals surface area (Å²) in [6, 6.07) is 0. The Morgan fingerprint density at radius 1 is 1.08 bits per heavy atom. The van der Waals surface area contributed by atoms with Crippen molar-refractivity contribution < 1.29 is 0 Å². The maximum atomic E-state index is 4.66. The first-order valence-electron chi connectivity index (χ1n) is 5.07. The molecule has 2 aliphatic rings. The Kier molecular flexibility index (Phi) is 1.47. The maximum Gasteiger partial charge on any atom is 0.0592 e. The Bertz CT molecular complexity index is 369. The summed E-state index contributed by atoms with van der Waals surface area (Å²) in [5.74, 6) is 0. The van der Waals surface area contributed by atoms with E-state index in [0.717, 1.165) is 13.1 Å². The van der Waals surface area contributed by atoms with Crippen LogP contribution in [0.5, 0.6) is 0 Å². The fourth-order valence-electron chi connectivity index (χ4n) is 2.65. The molecule has 68 valence electrons. The average molecular weight is 174 g/mol. The lowest BCUT2D eigenvalue weighted by Gasteiger charge is -2.08. The number of fused-ring (bicyclic) bond motifs is 3.